The largest absolute Gasteiger partial charge is 0.352 e. The van der Waals surface area contributed by atoms with Crippen LogP contribution in [0.2, 0.25) is 0 Å². The standard InChI is InChI=1S/C13H25N3O.2ClH/c1-2-16-9-6-11(7-10-16)15-13(17)12-5-3-4-8-14-12;;/h11-12,14H,2-10H2,1H3,(H,15,17);2*1H/t12-;;/m1../s1. The lowest BCUT2D eigenvalue weighted by Crippen LogP contribution is -2.52. The Balaban J connectivity index is 0.00000162. The third-order valence-electron chi connectivity index (χ3n) is 4.01. The van der Waals surface area contributed by atoms with Crippen molar-refractivity contribution in [2.75, 3.05) is 26.2 Å². The van der Waals surface area contributed by atoms with Crippen LogP contribution in [0.25, 0.3) is 0 Å². The maximum atomic E-state index is 12.0. The molecule has 2 aliphatic heterocycles. The van der Waals surface area contributed by atoms with Gasteiger partial charge in [0.15, 0.2) is 0 Å². The molecular formula is C13H27Cl2N3O. The summed E-state index contributed by atoms with van der Waals surface area (Å²) >= 11 is 0. The summed E-state index contributed by atoms with van der Waals surface area (Å²) in [5.41, 5.74) is 0. The lowest BCUT2D eigenvalue weighted by molar-refractivity contribution is -0.124. The summed E-state index contributed by atoms with van der Waals surface area (Å²) in [7, 11) is 0. The van der Waals surface area contributed by atoms with E-state index in [2.05, 4.69) is 22.5 Å². The Bertz CT molecular complexity index is 252. The van der Waals surface area contributed by atoms with E-state index in [1.54, 1.807) is 0 Å². The third-order valence-corrected chi connectivity index (χ3v) is 4.01. The topological polar surface area (TPSA) is 44.4 Å². The number of amides is 1. The van der Waals surface area contributed by atoms with E-state index in [0.29, 0.717) is 6.04 Å². The van der Waals surface area contributed by atoms with Gasteiger partial charge in [-0.1, -0.05) is 13.3 Å². The molecule has 1 amide bonds. The average molecular weight is 312 g/mol. The number of rotatable bonds is 3. The van der Waals surface area contributed by atoms with Gasteiger partial charge in [0.25, 0.3) is 0 Å². The van der Waals surface area contributed by atoms with Crippen LogP contribution in [-0.2, 0) is 4.79 Å². The van der Waals surface area contributed by atoms with Crippen molar-refractivity contribution >= 4 is 30.7 Å². The fourth-order valence-corrected chi connectivity index (χ4v) is 2.77. The van der Waals surface area contributed by atoms with Crippen molar-refractivity contribution in [1.82, 2.24) is 15.5 Å². The summed E-state index contributed by atoms with van der Waals surface area (Å²) in [6, 6.07) is 0.460. The highest BCUT2D eigenvalue weighted by Crippen LogP contribution is 2.12. The Hall–Kier alpha value is -0.0300. The number of nitrogens with zero attached hydrogens (tertiary/aromatic N) is 1. The van der Waals surface area contributed by atoms with Crippen molar-refractivity contribution in [3.8, 4) is 0 Å². The minimum Gasteiger partial charge on any atom is -0.352 e. The zero-order valence-corrected chi connectivity index (χ0v) is 13.3. The fourth-order valence-electron chi connectivity index (χ4n) is 2.77. The van der Waals surface area contributed by atoms with E-state index in [1.807, 2.05) is 0 Å². The molecule has 0 bridgehead atoms. The zero-order chi connectivity index (χ0) is 12.1. The van der Waals surface area contributed by atoms with Crippen LogP contribution < -0.4 is 10.6 Å². The van der Waals surface area contributed by atoms with Crippen LogP contribution in [0.1, 0.15) is 39.0 Å². The highest BCUT2D eigenvalue weighted by atomic mass is 35.5. The molecule has 0 aliphatic carbocycles. The molecule has 2 N–H and O–H groups in total. The average Bonchev–Trinajstić information content (AvgIpc) is 2.40. The SMILES string of the molecule is CCN1CCC(NC(=O)[C@H]2CCCCN2)CC1.Cl.Cl. The maximum Gasteiger partial charge on any atom is 0.237 e. The number of carbonyl (C=O) groups is 1. The minimum absolute atomic E-state index is 0. The molecule has 0 aromatic rings. The number of nitrogens with one attached hydrogen (secondary N) is 2. The van der Waals surface area contributed by atoms with Gasteiger partial charge in [-0.2, -0.15) is 0 Å². The molecule has 19 heavy (non-hydrogen) atoms. The maximum absolute atomic E-state index is 12.0. The van der Waals surface area contributed by atoms with E-state index in [-0.39, 0.29) is 36.8 Å². The van der Waals surface area contributed by atoms with Gasteiger partial charge in [0.1, 0.15) is 0 Å². The first-order valence-corrected chi connectivity index (χ1v) is 7.05. The molecule has 2 saturated heterocycles. The molecule has 114 valence electrons. The molecule has 0 aromatic heterocycles. The van der Waals surface area contributed by atoms with Gasteiger partial charge >= 0.3 is 0 Å². The Morgan fingerprint density at radius 3 is 2.42 bits per heavy atom. The molecular weight excluding hydrogens is 285 g/mol. The molecule has 0 radical (unpaired) electrons. The molecule has 6 heteroatoms. The first-order chi connectivity index (χ1) is 8.29. The number of hydrogen-bond acceptors (Lipinski definition) is 3. The van der Waals surface area contributed by atoms with Gasteiger partial charge in [-0.25, -0.2) is 0 Å². The second-order valence-corrected chi connectivity index (χ2v) is 5.22. The Labute approximate surface area is 128 Å². The monoisotopic (exact) mass is 311 g/mol. The second-order valence-electron chi connectivity index (χ2n) is 5.22. The Morgan fingerprint density at radius 2 is 1.89 bits per heavy atom. The number of halogens is 2. The van der Waals surface area contributed by atoms with Crippen molar-refractivity contribution in [2.45, 2.75) is 51.1 Å². The highest BCUT2D eigenvalue weighted by Gasteiger charge is 2.24. The lowest BCUT2D eigenvalue weighted by Gasteiger charge is -2.33. The van der Waals surface area contributed by atoms with E-state index < -0.39 is 0 Å². The molecule has 4 nitrogen and oxygen atoms in total. The van der Waals surface area contributed by atoms with Gasteiger partial charge in [-0.15, -0.1) is 24.8 Å². The van der Waals surface area contributed by atoms with Gasteiger partial charge < -0.3 is 15.5 Å². The van der Waals surface area contributed by atoms with Gasteiger partial charge in [-0.05, 0) is 38.8 Å². The van der Waals surface area contributed by atoms with Gasteiger partial charge in [0.2, 0.25) is 5.91 Å². The molecule has 0 spiro atoms. The van der Waals surface area contributed by atoms with E-state index >= 15 is 0 Å². The summed E-state index contributed by atoms with van der Waals surface area (Å²) in [4.78, 5) is 14.5. The number of carbonyl (C=O) groups excluding carboxylic acids is 1. The van der Waals surface area contributed by atoms with Crippen molar-refractivity contribution in [3.63, 3.8) is 0 Å². The summed E-state index contributed by atoms with van der Waals surface area (Å²) in [5.74, 6) is 0.222. The molecule has 2 aliphatic rings. The van der Waals surface area contributed by atoms with Crippen LogP contribution >= 0.6 is 24.8 Å². The fraction of sp³-hybridized carbons (Fsp3) is 0.923. The number of likely N-dealkylation sites (tertiary alicyclic amines) is 1. The molecule has 0 unspecified atom stereocenters. The van der Waals surface area contributed by atoms with Gasteiger partial charge in [-0.3, -0.25) is 4.79 Å². The van der Waals surface area contributed by atoms with Gasteiger partial charge in [0, 0.05) is 19.1 Å². The predicted octanol–water partition coefficient (Wildman–Crippen LogP) is 1.57. The quantitative estimate of drug-likeness (QED) is 0.831. The third kappa shape index (κ3) is 5.86. The van der Waals surface area contributed by atoms with Crippen LogP contribution in [0.5, 0.6) is 0 Å². The summed E-state index contributed by atoms with van der Waals surface area (Å²) in [6.07, 6.45) is 5.59. The lowest BCUT2D eigenvalue weighted by atomic mass is 10.0. The van der Waals surface area contributed by atoms with Crippen LogP contribution in [0.3, 0.4) is 0 Å². The first kappa shape index (κ1) is 19.0. The summed E-state index contributed by atoms with van der Waals surface area (Å²) < 4.78 is 0. The van der Waals surface area contributed by atoms with Crippen LogP contribution in [0.4, 0.5) is 0 Å². The smallest absolute Gasteiger partial charge is 0.237 e. The van der Waals surface area contributed by atoms with E-state index in [0.717, 1.165) is 45.4 Å². The van der Waals surface area contributed by atoms with Crippen LogP contribution in [0.15, 0.2) is 0 Å². The molecule has 2 heterocycles. The predicted molar refractivity (Wildman–Crippen MR) is 83.4 cm³/mol. The first-order valence-electron chi connectivity index (χ1n) is 7.05. The van der Waals surface area contributed by atoms with Gasteiger partial charge in [0.05, 0.1) is 6.04 Å². The van der Waals surface area contributed by atoms with Crippen molar-refractivity contribution in [1.29, 1.82) is 0 Å². The summed E-state index contributed by atoms with van der Waals surface area (Å²) in [5, 5.41) is 6.51. The van der Waals surface area contributed by atoms with E-state index in [1.165, 1.54) is 12.8 Å². The van der Waals surface area contributed by atoms with E-state index in [9.17, 15) is 4.79 Å². The molecule has 2 rings (SSSR count). The minimum atomic E-state index is 0. The van der Waals surface area contributed by atoms with Crippen LogP contribution in [-0.4, -0.2) is 49.1 Å². The van der Waals surface area contributed by atoms with Crippen molar-refractivity contribution in [2.24, 2.45) is 0 Å². The summed E-state index contributed by atoms with van der Waals surface area (Å²) in [6.45, 7) is 6.57. The number of piperidine rings is 2. The Kier molecular flexibility index (Phi) is 9.79. The normalized spacial score (nSPS) is 25.0. The second kappa shape index (κ2) is 9.81. The van der Waals surface area contributed by atoms with Crippen LogP contribution in [0, 0.1) is 0 Å². The highest BCUT2D eigenvalue weighted by molar-refractivity contribution is 5.85. The molecule has 1 atom stereocenters. The molecule has 0 saturated carbocycles. The van der Waals surface area contributed by atoms with Crippen molar-refractivity contribution < 1.29 is 4.79 Å². The molecule has 0 aromatic carbocycles. The van der Waals surface area contributed by atoms with Crippen molar-refractivity contribution in [3.05, 3.63) is 0 Å². The van der Waals surface area contributed by atoms with E-state index in [4.69, 9.17) is 0 Å². The zero-order valence-electron chi connectivity index (χ0n) is 11.7. The molecule has 2 fully saturated rings. The number of hydrogen-bond donors (Lipinski definition) is 2. The Morgan fingerprint density at radius 1 is 1.21 bits per heavy atom.